The van der Waals surface area contributed by atoms with Gasteiger partial charge in [-0.1, -0.05) is 11.6 Å². The summed E-state index contributed by atoms with van der Waals surface area (Å²) in [6, 6.07) is 5.66. The number of benzene rings is 1. The van der Waals surface area contributed by atoms with E-state index in [9.17, 15) is 0 Å². The van der Waals surface area contributed by atoms with Crippen LogP contribution in [0.3, 0.4) is 0 Å². The summed E-state index contributed by atoms with van der Waals surface area (Å²) in [6.07, 6.45) is 0.853. The minimum absolute atomic E-state index is 0.627. The summed E-state index contributed by atoms with van der Waals surface area (Å²) in [5.74, 6) is 0.871. The molecule has 0 atom stereocenters. The Labute approximate surface area is 120 Å². The fourth-order valence-corrected chi connectivity index (χ4v) is 1.80. The van der Waals surface area contributed by atoms with E-state index in [0.29, 0.717) is 26.4 Å². The number of ether oxygens (including phenoxy) is 3. The van der Waals surface area contributed by atoms with Crippen LogP contribution in [0.1, 0.15) is 12.0 Å². The van der Waals surface area contributed by atoms with E-state index in [1.54, 1.807) is 7.11 Å². The second kappa shape index (κ2) is 10.0. The van der Waals surface area contributed by atoms with Crippen LogP contribution >= 0.6 is 11.6 Å². The maximum Gasteiger partial charge on any atom is 0.123 e. The molecule has 0 aliphatic carbocycles. The van der Waals surface area contributed by atoms with Gasteiger partial charge in [0.15, 0.2) is 0 Å². The number of hydrogen-bond donors (Lipinski definition) is 1. The molecule has 0 bridgehead atoms. The highest BCUT2D eigenvalue weighted by Crippen LogP contribution is 2.22. The van der Waals surface area contributed by atoms with E-state index < -0.39 is 0 Å². The average Bonchev–Trinajstić information content (AvgIpc) is 2.40. The highest BCUT2D eigenvalue weighted by atomic mass is 35.5. The highest BCUT2D eigenvalue weighted by molar-refractivity contribution is 6.30. The van der Waals surface area contributed by atoms with Crippen LogP contribution in [0.5, 0.6) is 5.75 Å². The van der Waals surface area contributed by atoms with Crippen LogP contribution in [0, 0.1) is 0 Å². The molecule has 19 heavy (non-hydrogen) atoms. The summed E-state index contributed by atoms with van der Waals surface area (Å²) < 4.78 is 16.0. The maximum atomic E-state index is 5.97. The molecule has 0 aliphatic rings. The van der Waals surface area contributed by atoms with Gasteiger partial charge < -0.3 is 19.5 Å². The molecule has 0 amide bonds. The first-order valence-corrected chi connectivity index (χ1v) is 6.78. The number of halogens is 1. The quantitative estimate of drug-likeness (QED) is 0.671. The molecule has 0 saturated heterocycles. The third kappa shape index (κ3) is 6.78. The molecule has 108 valence electrons. The molecule has 1 N–H and O–H groups in total. The third-order valence-corrected chi connectivity index (χ3v) is 2.75. The van der Waals surface area contributed by atoms with Gasteiger partial charge in [-0.25, -0.2) is 0 Å². The molecule has 0 aromatic heterocycles. The number of hydrogen-bond acceptors (Lipinski definition) is 4. The van der Waals surface area contributed by atoms with E-state index in [1.165, 1.54) is 0 Å². The predicted molar refractivity (Wildman–Crippen MR) is 77.0 cm³/mol. The first kappa shape index (κ1) is 16.2. The molecule has 1 aromatic carbocycles. The Bertz CT molecular complexity index is 361. The summed E-state index contributed by atoms with van der Waals surface area (Å²) in [4.78, 5) is 0. The van der Waals surface area contributed by atoms with Gasteiger partial charge in [0, 0.05) is 37.3 Å². The minimum atomic E-state index is 0.627. The molecule has 0 saturated carbocycles. The van der Waals surface area contributed by atoms with Crippen molar-refractivity contribution in [3.05, 3.63) is 28.8 Å². The number of rotatable bonds is 10. The lowest BCUT2D eigenvalue weighted by Gasteiger charge is -2.12. The van der Waals surface area contributed by atoms with Gasteiger partial charge in [-0.15, -0.1) is 0 Å². The van der Waals surface area contributed by atoms with Gasteiger partial charge in [-0.05, 0) is 25.2 Å². The summed E-state index contributed by atoms with van der Waals surface area (Å²) in [5, 5.41) is 3.82. The van der Waals surface area contributed by atoms with Gasteiger partial charge in [0.2, 0.25) is 0 Å². The average molecular weight is 288 g/mol. The number of methoxy groups -OCH3 is 1. The molecule has 0 unspecified atom stereocenters. The molecule has 5 heteroatoms. The molecule has 4 nitrogen and oxygen atoms in total. The summed E-state index contributed by atoms with van der Waals surface area (Å²) in [5.41, 5.74) is 1.07. The lowest BCUT2D eigenvalue weighted by Crippen LogP contribution is -2.10. The predicted octanol–water partition coefficient (Wildman–Crippen LogP) is 2.49. The van der Waals surface area contributed by atoms with Crippen molar-refractivity contribution in [1.82, 2.24) is 5.32 Å². The molecule has 0 heterocycles. The van der Waals surface area contributed by atoms with Crippen molar-refractivity contribution in [2.24, 2.45) is 0 Å². The van der Waals surface area contributed by atoms with E-state index in [-0.39, 0.29) is 0 Å². The zero-order valence-corrected chi connectivity index (χ0v) is 12.3. The van der Waals surface area contributed by atoms with Crippen LogP contribution in [0.25, 0.3) is 0 Å². The summed E-state index contributed by atoms with van der Waals surface area (Å²) >= 11 is 5.97. The van der Waals surface area contributed by atoms with Gasteiger partial charge in [0.25, 0.3) is 0 Å². The second-order valence-electron chi connectivity index (χ2n) is 4.09. The van der Waals surface area contributed by atoms with Crippen LogP contribution in [0.15, 0.2) is 18.2 Å². The van der Waals surface area contributed by atoms with E-state index in [4.69, 9.17) is 25.8 Å². The zero-order valence-electron chi connectivity index (χ0n) is 11.6. The Morgan fingerprint density at radius 3 is 2.74 bits per heavy atom. The first-order chi connectivity index (χ1) is 9.27. The van der Waals surface area contributed by atoms with Gasteiger partial charge in [0.1, 0.15) is 5.75 Å². The van der Waals surface area contributed by atoms with E-state index in [1.807, 2.05) is 25.2 Å². The minimum Gasteiger partial charge on any atom is -0.493 e. The SMILES string of the molecule is CNCc1cc(Cl)ccc1OCCCOCCOC. The van der Waals surface area contributed by atoms with Crippen molar-refractivity contribution in [2.75, 3.05) is 40.6 Å². The van der Waals surface area contributed by atoms with Crippen LogP contribution in [-0.2, 0) is 16.0 Å². The molecule has 0 spiro atoms. The van der Waals surface area contributed by atoms with Crippen LogP contribution in [-0.4, -0.2) is 40.6 Å². The maximum absolute atomic E-state index is 5.97. The Hall–Kier alpha value is -0.810. The molecular formula is C14H22ClNO3. The molecule has 0 radical (unpaired) electrons. The smallest absolute Gasteiger partial charge is 0.123 e. The van der Waals surface area contributed by atoms with E-state index >= 15 is 0 Å². The van der Waals surface area contributed by atoms with Crippen molar-refractivity contribution >= 4 is 11.6 Å². The molecule has 0 aliphatic heterocycles. The standard InChI is InChI=1S/C14H22ClNO3/c1-16-11-12-10-13(15)4-5-14(12)19-7-3-6-18-9-8-17-2/h4-5,10,16H,3,6-9,11H2,1-2H3. The first-order valence-electron chi connectivity index (χ1n) is 6.40. The fraction of sp³-hybridized carbons (Fsp3) is 0.571. The van der Waals surface area contributed by atoms with Crippen LogP contribution in [0.2, 0.25) is 5.02 Å². The van der Waals surface area contributed by atoms with Gasteiger partial charge >= 0.3 is 0 Å². The van der Waals surface area contributed by atoms with Gasteiger partial charge in [0.05, 0.1) is 19.8 Å². The van der Waals surface area contributed by atoms with Crippen molar-refractivity contribution < 1.29 is 14.2 Å². The number of nitrogens with one attached hydrogen (secondary N) is 1. The molecular weight excluding hydrogens is 266 g/mol. The van der Waals surface area contributed by atoms with Crippen molar-refractivity contribution in [3.63, 3.8) is 0 Å². The second-order valence-corrected chi connectivity index (χ2v) is 4.53. The van der Waals surface area contributed by atoms with Crippen LogP contribution in [0.4, 0.5) is 0 Å². The highest BCUT2D eigenvalue weighted by Gasteiger charge is 2.04. The van der Waals surface area contributed by atoms with E-state index in [2.05, 4.69) is 5.32 Å². The van der Waals surface area contributed by atoms with Gasteiger partial charge in [-0.2, -0.15) is 0 Å². The molecule has 1 rings (SSSR count). The third-order valence-electron chi connectivity index (χ3n) is 2.51. The summed E-state index contributed by atoms with van der Waals surface area (Å²) in [7, 11) is 3.56. The lowest BCUT2D eigenvalue weighted by atomic mass is 10.2. The monoisotopic (exact) mass is 287 g/mol. The van der Waals surface area contributed by atoms with Crippen LogP contribution < -0.4 is 10.1 Å². The Morgan fingerprint density at radius 2 is 2.00 bits per heavy atom. The molecule has 1 aromatic rings. The van der Waals surface area contributed by atoms with Crippen molar-refractivity contribution in [2.45, 2.75) is 13.0 Å². The van der Waals surface area contributed by atoms with Crippen molar-refractivity contribution in [1.29, 1.82) is 0 Å². The van der Waals surface area contributed by atoms with Gasteiger partial charge in [-0.3, -0.25) is 0 Å². The fourth-order valence-electron chi connectivity index (χ4n) is 1.60. The Kier molecular flexibility index (Phi) is 8.58. The Morgan fingerprint density at radius 1 is 1.16 bits per heavy atom. The van der Waals surface area contributed by atoms with Crippen molar-refractivity contribution in [3.8, 4) is 5.75 Å². The van der Waals surface area contributed by atoms with E-state index in [0.717, 1.165) is 29.3 Å². The zero-order chi connectivity index (χ0) is 13.9. The summed E-state index contributed by atoms with van der Waals surface area (Å²) in [6.45, 7) is 3.30. The molecule has 0 fully saturated rings. The topological polar surface area (TPSA) is 39.7 Å². The normalized spacial score (nSPS) is 10.7. The largest absolute Gasteiger partial charge is 0.493 e. The lowest BCUT2D eigenvalue weighted by molar-refractivity contribution is 0.0644. The Balaban J connectivity index is 2.28.